The molecule has 2 rings (SSSR count). The third-order valence-corrected chi connectivity index (χ3v) is 4.68. The summed E-state index contributed by atoms with van der Waals surface area (Å²) in [6, 6.07) is 8.06. The molecule has 0 radical (unpaired) electrons. The van der Waals surface area contributed by atoms with Crippen LogP contribution in [0.15, 0.2) is 24.3 Å². The van der Waals surface area contributed by atoms with E-state index in [0.717, 1.165) is 11.3 Å². The van der Waals surface area contributed by atoms with Crippen LogP contribution >= 0.6 is 22.7 Å². The van der Waals surface area contributed by atoms with Crippen molar-refractivity contribution < 1.29 is 4.79 Å². The second-order valence-electron chi connectivity index (χ2n) is 3.81. The van der Waals surface area contributed by atoms with E-state index in [0.29, 0.717) is 6.54 Å². The van der Waals surface area contributed by atoms with Gasteiger partial charge in [-0.15, -0.1) is 22.7 Å². The number of hydrogen-bond acceptors (Lipinski definition) is 3. The van der Waals surface area contributed by atoms with E-state index >= 15 is 0 Å². The molecule has 2 heterocycles. The summed E-state index contributed by atoms with van der Waals surface area (Å²) in [6.07, 6.45) is 1.06. The molecule has 17 heavy (non-hydrogen) atoms. The minimum atomic E-state index is 0.0227. The summed E-state index contributed by atoms with van der Waals surface area (Å²) in [7, 11) is 0. The van der Waals surface area contributed by atoms with Crippen LogP contribution in [-0.2, 0) is 13.0 Å². The maximum Gasteiger partial charge on any atom is 0.261 e. The lowest BCUT2D eigenvalue weighted by Crippen LogP contribution is -2.21. The highest BCUT2D eigenvalue weighted by molar-refractivity contribution is 7.14. The molecule has 0 spiro atoms. The third-order valence-electron chi connectivity index (χ3n) is 2.45. The molecule has 1 N–H and O–H groups in total. The Balaban J connectivity index is 1.92. The number of amides is 1. The van der Waals surface area contributed by atoms with Gasteiger partial charge in [0, 0.05) is 14.6 Å². The zero-order valence-corrected chi connectivity index (χ0v) is 11.6. The summed E-state index contributed by atoms with van der Waals surface area (Å²) in [5.74, 6) is 0.0227. The average Bonchev–Trinajstić information content (AvgIpc) is 2.94. The van der Waals surface area contributed by atoms with Crippen LogP contribution in [0.1, 0.15) is 31.2 Å². The Morgan fingerprint density at radius 3 is 2.53 bits per heavy atom. The number of rotatable bonds is 4. The number of carbonyl (C=O) groups excluding carboxylic acids is 1. The van der Waals surface area contributed by atoms with Crippen LogP contribution in [0.4, 0.5) is 0 Å². The van der Waals surface area contributed by atoms with Gasteiger partial charge in [0.25, 0.3) is 5.91 Å². The largest absolute Gasteiger partial charge is 0.346 e. The van der Waals surface area contributed by atoms with Gasteiger partial charge in [-0.1, -0.05) is 6.92 Å². The van der Waals surface area contributed by atoms with Crippen LogP contribution in [0.25, 0.3) is 0 Å². The molecule has 1 amide bonds. The van der Waals surface area contributed by atoms with Crippen LogP contribution in [0.2, 0.25) is 0 Å². The number of aryl methyl sites for hydroxylation is 2. The predicted octanol–water partition coefficient (Wildman–Crippen LogP) is 3.61. The number of carbonyl (C=O) groups is 1. The summed E-state index contributed by atoms with van der Waals surface area (Å²) < 4.78 is 0. The van der Waals surface area contributed by atoms with Crippen LogP contribution < -0.4 is 5.32 Å². The smallest absolute Gasteiger partial charge is 0.261 e. The van der Waals surface area contributed by atoms with E-state index in [9.17, 15) is 4.79 Å². The molecule has 0 fully saturated rings. The van der Waals surface area contributed by atoms with Crippen LogP contribution in [0.5, 0.6) is 0 Å². The highest BCUT2D eigenvalue weighted by atomic mass is 32.1. The fourth-order valence-electron chi connectivity index (χ4n) is 1.52. The van der Waals surface area contributed by atoms with Gasteiger partial charge in [0.1, 0.15) is 0 Å². The summed E-state index contributed by atoms with van der Waals surface area (Å²) in [5, 5.41) is 2.95. The van der Waals surface area contributed by atoms with Gasteiger partial charge in [-0.3, -0.25) is 4.79 Å². The van der Waals surface area contributed by atoms with Crippen LogP contribution in [0.3, 0.4) is 0 Å². The third kappa shape index (κ3) is 3.17. The first-order chi connectivity index (χ1) is 8.19. The minimum absolute atomic E-state index is 0.0227. The maximum atomic E-state index is 11.8. The fraction of sp³-hybridized carbons (Fsp3) is 0.308. The van der Waals surface area contributed by atoms with Crippen molar-refractivity contribution in [2.45, 2.75) is 26.8 Å². The minimum Gasteiger partial charge on any atom is -0.346 e. The van der Waals surface area contributed by atoms with E-state index in [4.69, 9.17) is 0 Å². The number of thiophene rings is 2. The molecule has 4 heteroatoms. The molecule has 0 aromatic carbocycles. The Morgan fingerprint density at radius 1 is 1.18 bits per heavy atom. The maximum absolute atomic E-state index is 11.8. The van der Waals surface area contributed by atoms with E-state index < -0.39 is 0 Å². The van der Waals surface area contributed by atoms with Crippen molar-refractivity contribution in [3.05, 3.63) is 43.8 Å². The Bertz CT molecular complexity index is 513. The lowest BCUT2D eigenvalue weighted by Gasteiger charge is -2.00. The molecule has 90 valence electrons. The van der Waals surface area contributed by atoms with E-state index in [1.807, 2.05) is 19.1 Å². The van der Waals surface area contributed by atoms with Gasteiger partial charge < -0.3 is 5.32 Å². The molecular formula is C13H15NOS2. The van der Waals surface area contributed by atoms with Gasteiger partial charge in [-0.2, -0.15) is 0 Å². The van der Waals surface area contributed by atoms with Crippen LogP contribution in [-0.4, -0.2) is 5.91 Å². The summed E-state index contributed by atoms with van der Waals surface area (Å²) >= 11 is 3.30. The molecule has 2 nitrogen and oxygen atoms in total. The Morgan fingerprint density at radius 2 is 1.94 bits per heavy atom. The summed E-state index contributed by atoms with van der Waals surface area (Å²) in [6.45, 7) is 4.78. The van der Waals surface area contributed by atoms with E-state index in [2.05, 4.69) is 24.4 Å². The normalized spacial score (nSPS) is 10.5. The number of hydrogen-bond donors (Lipinski definition) is 1. The van der Waals surface area contributed by atoms with Gasteiger partial charge >= 0.3 is 0 Å². The second-order valence-corrected chi connectivity index (χ2v) is 6.36. The molecule has 0 aliphatic heterocycles. The Labute approximate surface area is 109 Å². The van der Waals surface area contributed by atoms with Gasteiger partial charge in [-0.05, 0) is 37.6 Å². The van der Waals surface area contributed by atoms with Crippen molar-refractivity contribution >= 4 is 28.6 Å². The van der Waals surface area contributed by atoms with E-state index in [1.165, 1.54) is 26.0 Å². The molecule has 0 saturated heterocycles. The quantitative estimate of drug-likeness (QED) is 0.899. The van der Waals surface area contributed by atoms with Crippen LogP contribution in [0, 0.1) is 6.92 Å². The Hall–Kier alpha value is -1.13. The van der Waals surface area contributed by atoms with Crippen molar-refractivity contribution in [2.24, 2.45) is 0 Å². The van der Waals surface area contributed by atoms with Gasteiger partial charge in [0.05, 0.1) is 11.4 Å². The zero-order valence-electron chi connectivity index (χ0n) is 9.95. The molecule has 0 aliphatic carbocycles. The second kappa shape index (κ2) is 5.47. The lowest BCUT2D eigenvalue weighted by atomic mass is 10.3. The number of nitrogens with one attached hydrogen (secondary N) is 1. The SMILES string of the molecule is CCc1ccc(CNC(=O)c2ccc(C)s2)s1. The Kier molecular flexibility index (Phi) is 3.97. The molecule has 0 atom stereocenters. The molecule has 2 aromatic rings. The van der Waals surface area contributed by atoms with E-state index in [1.54, 1.807) is 11.3 Å². The standard InChI is InChI=1S/C13H15NOS2/c1-3-10-5-6-11(17-10)8-14-13(15)12-7-4-9(2)16-12/h4-7H,3,8H2,1-2H3,(H,14,15). The van der Waals surface area contributed by atoms with Crippen molar-refractivity contribution in [2.75, 3.05) is 0 Å². The van der Waals surface area contributed by atoms with Crippen molar-refractivity contribution in [1.29, 1.82) is 0 Å². The fourth-order valence-corrected chi connectivity index (χ4v) is 3.20. The highest BCUT2D eigenvalue weighted by Crippen LogP contribution is 2.18. The van der Waals surface area contributed by atoms with Crippen molar-refractivity contribution in [3.63, 3.8) is 0 Å². The van der Waals surface area contributed by atoms with E-state index in [-0.39, 0.29) is 5.91 Å². The summed E-state index contributed by atoms with van der Waals surface area (Å²) in [4.78, 5) is 16.3. The van der Waals surface area contributed by atoms with Gasteiger partial charge in [-0.25, -0.2) is 0 Å². The van der Waals surface area contributed by atoms with Crippen molar-refractivity contribution in [3.8, 4) is 0 Å². The topological polar surface area (TPSA) is 29.1 Å². The zero-order chi connectivity index (χ0) is 12.3. The first kappa shape index (κ1) is 12.3. The predicted molar refractivity (Wildman–Crippen MR) is 73.9 cm³/mol. The summed E-state index contributed by atoms with van der Waals surface area (Å²) in [5.41, 5.74) is 0. The van der Waals surface area contributed by atoms with Gasteiger partial charge in [0.2, 0.25) is 0 Å². The molecule has 2 aromatic heterocycles. The first-order valence-electron chi connectivity index (χ1n) is 5.61. The molecule has 0 bridgehead atoms. The average molecular weight is 265 g/mol. The molecule has 0 aliphatic rings. The monoisotopic (exact) mass is 265 g/mol. The first-order valence-corrected chi connectivity index (χ1v) is 7.24. The molecule has 0 saturated carbocycles. The molecular weight excluding hydrogens is 250 g/mol. The van der Waals surface area contributed by atoms with Crippen molar-refractivity contribution in [1.82, 2.24) is 5.32 Å². The highest BCUT2D eigenvalue weighted by Gasteiger charge is 2.07. The van der Waals surface area contributed by atoms with Gasteiger partial charge in [0.15, 0.2) is 0 Å². The lowest BCUT2D eigenvalue weighted by molar-refractivity contribution is 0.0955. The molecule has 0 unspecified atom stereocenters.